The van der Waals surface area contributed by atoms with E-state index >= 15 is 0 Å². The van der Waals surface area contributed by atoms with Crippen LogP contribution in [0.1, 0.15) is 45.9 Å². The van der Waals surface area contributed by atoms with Crippen LogP contribution in [0.15, 0.2) is 18.3 Å². The van der Waals surface area contributed by atoms with Crippen LogP contribution in [0.3, 0.4) is 0 Å². The predicted octanol–water partition coefficient (Wildman–Crippen LogP) is 0.689. The molecule has 1 fully saturated rings. The first-order chi connectivity index (χ1) is 10.2. The minimum Gasteiger partial charge on any atom is -0.399 e. The molecule has 0 amide bonds. The first kappa shape index (κ1) is 16.9. The van der Waals surface area contributed by atoms with E-state index in [1.54, 1.807) is 18.3 Å². The zero-order chi connectivity index (χ0) is 16.5. The Labute approximate surface area is 130 Å². The quantitative estimate of drug-likeness (QED) is 0.795. The first-order valence-corrected chi connectivity index (χ1v) is 7.22. The lowest BCUT2D eigenvalue weighted by Crippen LogP contribution is -2.41. The SMILES string of the molecule is CC1(C)OB(c2ccc(C(O)C(O)CC#N)nc2)OC1(C)C. The van der Waals surface area contributed by atoms with Gasteiger partial charge >= 0.3 is 7.12 Å². The lowest BCUT2D eigenvalue weighted by molar-refractivity contribution is 0.00578. The van der Waals surface area contributed by atoms with Crippen LogP contribution in [0.4, 0.5) is 0 Å². The summed E-state index contributed by atoms with van der Waals surface area (Å²) in [5.41, 5.74) is 0.185. The highest BCUT2D eigenvalue weighted by Crippen LogP contribution is 2.36. The second kappa shape index (κ2) is 5.97. The van der Waals surface area contributed by atoms with E-state index in [1.807, 2.05) is 33.8 Å². The Hall–Kier alpha value is -1.46. The normalized spacial score (nSPS) is 22.1. The fraction of sp³-hybridized carbons (Fsp3) is 0.600. The molecule has 2 atom stereocenters. The standard InChI is InChI=1S/C15H21BN2O4/c1-14(2)15(3,4)22-16(21-14)10-5-6-11(18-9-10)13(20)12(19)7-8-17/h5-6,9,12-13,19-20H,7H2,1-4H3. The Bertz CT molecular complexity index is 552. The second-order valence-corrected chi connectivity index (χ2v) is 6.48. The Kier molecular flexibility index (Phi) is 4.59. The summed E-state index contributed by atoms with van der Waals surface area (Å²) < 4.78 is 11.8. The average Bonchev–Trinajstić information content (AvgIpc) is 2.67. The number of hydrogen-bond donors (Lipinski definition) is 2. The van der Waals surface area contributed by atoms with Gasteiger partial charge in [-0.15, -0.1) is 0 Å². The molecule has 2 N–H and O–H groups in total. The predicted molar refractivity (Wildman–Crippen MR) is 81.1 cm³/mol. The highest BCUT2D eigenvalue weighted by molar-refractivity contribution is 6.62. The third-order valence-corrected chi connectivity index (χ3v) is 4.30. The van der Waals surface area contributed by atoms with Gasteiger partial charge in [0, 0.05) is 11.7 Å². The van der Waals surface area contributed by atoms with Gasteiger partial charge in [0.2, 0.25) is 0 Å². The van der Waals surface area contributed by atoms with Crippen molar-refractivity contribution in [3.05, 3.63) is 24.0 Å². The van der Waals surface area contributed by atoms with Gasteiger partial charge in [-0.25, -0.2) is 0 Å². The van der Waals surface area contributed by atoms with Crippen LogP contribution >= 0.6 is 0 Å². The lowest BCUT2D eigenvalue weighted by Gasteiger charge is -2.32. The van der Waals surface area contributed by atoms with Crippen molar-refractivity contribution >= 4 is 12.6 Å². The van der Waals surface area contributed by atoms with Gasteiger partial charge in [-0.05, 0) is 33.8 Å². The molecule has 1 saturated heterocycles. The molecule has 1 aromatic rings. The number of nitriles is 1. The summed E-state index contributed by atoms with van der Waals surface area (Å²) in [6, 6.07) is 5.16. The van der Waals surface area contributed by atoms with Crippen LogP contribution in [0.25, 0.3) is 0 Å². The topological polar surface area (TPSA) is 95.6 Å². The molecule has 22 heavy (non-hydrogen) atoms. The fourth-order valence-electron chi connectivity index (χ4n) is 2.11. The molecule has 0 radical (unpaired) electrons. The molecular weight excluding hydrogens is 283 g/mol. The first-order valence-electron chi connectivity index (χ1n) is 7.22. The monoisotopic (exact) mass is 304 g/mol. The summed E-state index contributed by atoms with van der Waals surface area (Å²) in [5.74, 6) is 0. The van der Waals surface area contributed by atoms with Gasteiger partial charge in [-0.2, -0.15) is 5.26 Å². The highest BCUT2D eigenvalue weighted by Gasteiger charge is 2.51. The molecular formula is C15H21BN2O4. The Morgan fingerprint density at radius 1 is 1.23 bits per heavy atom. The van der Waals surface area contributed by atoms with Crippen molar-refractivity contribution in [1.82, 2.24) is 4.98 Å². The minimum atomic E-state index is -1.19. The number of nitrogens with zero attached hydrogens (tertiary/aromatic N) is 2. The van der Waals surface area contributed by atoms with Crippen molar-refractivity contribution in [2.75, 3.05) is 0 Å². The van der Waals surface area contributed by atoms with Crippen molar-refractivity contribution in [3.63, 3.8) is 0 Å². The zero-order valence-electron chi connectivity index (χ0n) is 13.3. The molecule has 2 heterocycles. The molecule has 0 aliphatic carbocycles. The van der Waals surface area contributed by atoms with Crippen molar-refractivity contribution in [2.45, 2.75) is 57.5 Å². The summed E-state index contributed by atoms with van der Waals surface area (Å²) in [6.45, 7) is 7.88. The van der Waals surface area contributed by atoms with Crippen LogP contribution in [-0.2, 0) is 9.31 Å². The maximum absolute atomic E-state index is 9.92. The van der Waals surface area contributed by atoms with Gasteiger partial charge < -0.3 is 19.5 Å². The van der Waals surface area contributed by atoms with E-state index in [0.717, 1.165) is 5.46 Å². The van der Waals surface area contributed by atoms with Crippen LogP contribution in [0, 0.1) is 11.3 Å². The molecule has 0 bridgehead atoms. The maximum atomic E-state index is 9.92. The van der Waals surface area contributed by atoms with E-state index in [4.69, 9.17) is 14.6 Å². The van der Waals surface area contributed by atoms with Crippen LogP contribution < -0.4 is 5.46 Å². The number of aliphatic hydroxyl groups excluding tert-OH is 2. The van der Waals surface area contributed by atoms with Crippen LogP contribution in [0.2, 0.25) is 0 Å². The molecule has 1 aliphatic rings. The number of rotatable bonds is 4. The second-order valence-electron chi connectivity index (χ2n) is 6.48. The highest BCUT2D eigenvalue weighted by atomic mass is 16.7. The maximum Gasteiger partial charge on any atom is 0.496 e. The fourth-order valence-corrected chi connectivity index (χ4v) is 2.11. The third kappa shape index (κ3) is 3.15. The molecule has 0 saturated carbocycles. The Balaban J connectivity index is 2.12. The lowest BCUT2D eigenvalue weighted by atomic mass is 9.80. The van der Waals surface area contributed by atoms with Gasteiger partial charge in [0.15, 0.2) is 0 Å². The number of aliphatic hydroxyl groups is 2. The summed E-state index contributed by atoms with van der Waals surface area (Å²) >= 11 is 0. The van der Waals surface area contributed by atoms with Crippen molar-refractivity contribution in [1.29, 1.82) is 5.26 Å². The van der Waals surface area contributed by atoms with Crippen LogP contribution in [-0.4, -0.2) is 39.6 Å². The van der Waals surface area contributed by atoms with Gasteiger partial charge in [-0.3, -0.25) is 4.98 Å². The number of hydrogen-bond acceptors (Lipinski definition) is 6. The molecule has 1 aliphatic heterocycles. The molecule has 6 nitrogen and oxygen atoms in total. The van der Waals surface area contributed by atoms with Crippen LogP contribution in [0.5, 0.6) is 0 Å². The Morgan fingerprint density at radius 2 is 1.82 bits per heavy atom. The summed E-state index contributed by atoms with van der Waals surface area (Å²) in [6.07, 6.45) is -0.936. The van der Waals surface area contributed by atoms with Crippen molar-refractivity contribution < 1.29 is 19.5 Å². The molecule has 1 aromatic heterocycles. The number of pyridine rings is 1. The molecule has 7 heteroatoms. The van der Waals surface area contributed by atoms with E-state index in [9.17, 15) is 10.2 Å². The van der Waals surface area contributed by atoms with Gasteiger partial charge in [-0.1, -0.05) is 6.07 Å². The summed E-state index contributed by atoms with van der Waals surface area (Å²) in [7, 11) is -0.521. The summed E-state index contributed by atoms with van der Waals surface area (Å²) in [5, 5.41) is 28.1. The van der Waals surface area contributed by atoms with Crippen molar-refractivity contribution in [2.24, 2.45) is 0 Å². The average molecular weight is 304 g/mol. The minimum absolute atomic E-state index is 0.151. The third-order valence-electron chi connectivity index (χ3n) is 4.30. The summed E-state index contributed by atoms with van der Waals surface area (Å²) in [4.78, 5) is 4.14. The van der Waals surface area contributed by atoms with E-state index < -0.39 is 30.5 Å². The smallest absolute Gasteiger partial charge is 0.399 e. The van der Waals surface area contributed by atoms with E-state index in [0.29, 0.717) is 5.69 Å². The largest absolute Gasteiger partial charge is 0.496 e. The van der Waals surface area contributed by atoms with E-state index in [-0.39, 0.29) is 6.42 Å². The molecule has 0 spiro atoms. The molecule has 2 unspecified atom stereocenters. The van der Waals surface area contributed by atoms with Crippen molar-refractivity contribution in [3.8, 4) is 6.07 Å². The zero-order valence-corrected chi connectivity index (χ0v) is 13.3. The Morgan fingerprint density at radius 3 is 2.27 bits per heavy atom. The van der Waals surface area contributed by atoms with Gasteiger partial charge in [0.05, 0.1) is 35.5 Å². The van der Waals surface area contributed by atoms with E-state index in [2.05, 4.69) is 4.98 Å². The van der Waals surface area contributed by atoms with E-state index in [1.165, 1.54) is 0 Å². The molecule has 2 rings (SSSR count). The molecule has 0 aromatic carbocycles. The van der Waals surface area contributed by atoms with Gasteiger partial charge in [0.1, 0.15) is 6.10 Å². The number of aromatic nitrogens is 1. The van der Waals surface area contributed by atoms with Gasteiger partial charge in [0.25, 0.3) is 0 Å². The molecule has 118 valence electrons.